The minimum absolute atomic E-state index is 0.0223. The molecule has 0 aliphatic carbocycles. The fraction of sp³-hybridized carbons (Fsp3) is 1.00. The summed E-state index contributed by atoms with van der Waals surface area (Å²) in [5.74, 6) is 0. The highest BCUT2D eigenvalue weighted by molar-refractivity contribution is 4.74. The number of ether oxygens (including phenoxy) is 3. The first-order valence-electron chi connectivity index (χ1n) is 6.45. The number of hydrogen-bond donors (Lipinski definition) is 0. The molecular weight excluding hydrogens is 206 g/mol. The highest BCUT2D eigenvalue weighted by Gasteiger charge is 2.23. The van der Waals surface area contributed by atoms with Gasteiger partial charge in [-0.15, -0.1) is 0 Å². The molecule has 2 rings (SSSR count). The maximum absolute atomic E-state index is 5.56. The highest BCUT2D eigenvalue weighted by Crippen LogP contribution is 2.14. The molecule has 2 aliphatic rings. The Balaban J connectivity index is 1.70. The van der Waals surface area contributed by atoms with Crippen molar-refractivity contribution in [3.63, 3.8) is 0 Å². The third-order valence-corrected chi connectivity index (χ3v) is 3.37. The Morgan fingerprint density at radius 2 is 2.00 bits per heavy atom. The maximum atomic E-state index is 5.56. The fourth-order valence-corrected chi connectivity index (χ4v) is 2.33. The van der Waals surface area contributed by atoms with Crippen molar-refractivity contribution >= 4 is 0 Å². The Morgan fingerprint density at radius 3 is 2.75 bits per heavy atom. The molecule has 2 heterocycles. The molecule has 4 heteroatoms. The average Bonchev–Trinajstić information content (AvgIpc) is 2.38. The van der Waals surface area contributed by atoms with Crippen LogP contribution in [-0.4, -0.2) is 56.7 Å². The van der Waals surface area contributed by atoms with E-state index in [4.69, 9.17) is 14.2 Å². The normalized spacial score (nSPS) is 29.4. The second-order valence-corrected chi connectivity index (χ2v) is 4.49. The summed E-state index contributed by atoms with van der Waals surface area (Å²) in [6.45, 7) is 7.78. The van der Waals surface area contributed by atoms with Gasteiger partial charge in [-0.2, -0.15) is 0 Å². The van der Waals surface area contributed by atoms with Crippen LogP contribution in [0.15, 0.2) is 0 Å². The molecule has 0 spiro atoms. The molecule has 0 aromatic rings. The third kappa shape index (κ3) is 3.42. The van der Waals surface area contributed by atoms with Gasteiger partial charge in [0.05, 0.1) is 26.4 Å². The van der Waals surface area contributed by atoms with Crippen LogP contribution in [0.2, 0.25) is 0 Å². The van der Waals surface area contributed by atoms with Gasteiger partial charge in [-0.3, -0.25) is 4.90 Å². The van der Waals surface area contributed by atoms with Crippen molar-refractivity contribution in [2.45, 2.75) is 38.5 Å². The summed E-state index contributed by atoms with van der Waals surface area (Å²) in [5, 5.41) is 0. The van der Waals surface area contributed by atoms with Crippen LogP contribution in [0, 0.1) is 0 Å². The lowest BCUT2D eigenvalue weighted by molar-refractivity contribution is -0.184. The van der Waals surface area contributed by atoms with Gasteiger partial charge in [-0.05, 0) is 12.8 Å². The lowest BCUT2D eigenvalue weighted by Crippen LogP contribution is -2.46. The van der Waals surface area contributed by atoms with Gasteiger partial charge >= 0.3 is 0 Å². The zero-order chi connectivity index (χ0) is 11.2. The predicted molar refractivity (Wildman–Crippen MR) is 61.4 cm³/mol. The molecule has 0 aromatic carbocycles. The van der Waals surface area contributed by atoms with Crippen molar-refractivity contribution in [1.29, 1.82) is 0 Å². The van der Waals surface area contributed by atoms with Gasteiger partial charge in [0.2, 0.25) is 0 Å². The van der Waals surface area contributed by atoms with Crippen molar-refractivity contribution in [1.82, 2.24) is 4.90 Å². The van der Waals surface area contributed by atoms with Gasteiger partial charge in [-0.1, -0.05) is 6.92 Å². The Labute approximate surface area is 97.8 Å². The topological polar surface area (TPSA) is 30.9 Å². The summed E-state index contributed by atoms with van der Waals surface area (Å²) in [4.78, 5) is 2.50. The first kappa shape index (κ1) is 12.3. The SMILES string of the molecule is CCC1COCCN1CCC1OCCCO1. The maximum Gasteiger partial charge on any atom is 0.158 e. The summed E-state index contributed by atoms with van der Waals surface area (Å²) < 4.78 is 16.6. The molecule has 1 unspecified atom stereocenters. The summed E-state index contributed by atoms with van der Waals surface area (Å²) in [5.41, 5.74) is 0. The van der Waals surface area contributed by atoms with E-state index in [1.807, 2.05) is 0 Å². The largest absolute Gasteiger partial charge is 0.378 e. The van der Waals surface area contributed by atoms with E-state index in [0.29, 0.717) is 6.04 Å². The number of nitrogens with zero attached hydrogens (tertiary/aromatic N) is 1. The minimum atomic E-state index is 0.0223. The van der Waals surface area contributed by atoms with Crippen molar-refractivity contribution in [2.24, 2.45) is 0 Å². The van der Waals surface area contributed by atoms with Crippen LogP contribution in [0.5, 0.6) is 0 Å². The molecule has 0 aromatic heterocycles. The molecule has 94 valence electrons. The van der Waals surface area contributed by atoms with Crippen LogP contribution in [0.4, 0.5) is 0 Å². The lowest BCUT2D eigenvalue weighted by atomic mass is 10.1. The number of morpholine rings is 1. The molecule has 2 fully saturated rings. The lowest BCUT2D eigenvalue weighted by Gasteiger charge is -2.36. The van der Waals surface area contributed by atoms with Gasteiger partial charge in [0.15, 0.2) is 6.29 Å². The average molecular weight is 229 g/mol. The smallest absolute Gasteiger partial charge is 0.158 e. The Hall–Kier alpha value is -0.160. The first-order chi connectivity index (χ1) is 7.90. The summed E-state index contributed by atoms with van der Waals surface area (Å²) in [6.07, 6.45) is 3.20. The van der Waals surface area contributed by atoms with Gasteiger partial charge in [0, 0.05) is 25.6 Å². The quantitative estimate of drug-likeness (QED) is 0.726. The molecular formula is C12H23NO3. The summed E-state index contributed by atoms with van der Waals surface area (Å²) in [6, 6.07) is 0.581. The summed E-state index contributed by atoms with van der Waals surface area (Å²) >= 11 is 0. The second kappa shape index (κ2) is 6.55. The highest BCUT2D eigenvalue weighted by atomic mass is 16.7. The monoisotopic (exact) mass is 229 g/mol. The summed E-state index contributed by atoms with van der Waals surface area (Å²) in [7, 11) is 0. The molecule has 0 saturated carbocycles. The zero-order valence-corrected chi connectivity index (χ0v) is 10.2. The van der Waals surface area contributed by atoms with E-state index in [2.05, 4.69) is 11.8 Å². The van der Waals surface area contributed by atoms with E-state index in [-0.39, 0.29) is 6.29 Å². The molecule has 0 radical (unpaired) electrons. The Kier molecular flexibility index (Phi) is 5.03. The van der Waals surface area contributed by atoms with Gasteiger partial charge in [-0.25, -0.2) is 0 Å². The van der Waals surface area contributed by atoms with Crippen LogP contribution in [0.25, 0.3) is 0 Å². The van der Waals surface area contributed by atoms with Crippen molar-refractivity contribution in [2.75, 3.05) is 39.5 Å². The first-order valence-corrected chi connectivity index (χ1v) is 6.45. The van der Waals surface area contributed by atoms with E-state index in [1.165, 1.54) is 0 Å². The van der Waals surface area contributed by atoms with E-state index >= 15 is 0 Å². The molecule has 16 heavy (non-hydrogen) atoms. The van der Waals surface area contributed by atoms with Crippen molar-refractivity contribution in [3.8, 4) is 0 Å². The minimum Gasteiger partial charge on any atom is -0.378 e. The van der Waals surface area contributed by atoms with Crippen LogP contribution in [-0.2, 0) is 14.2 Å². The van der Waals surface area contributed by atoms with E-state index < -0.39 is 0 Å². The standard InChI is InChI=1S/C12H23NO3/c1-2-11-10-14-9-6-13(11)5-4-12-15-7-3-8-16-12/h11-12H,2-10H2,1H3. The molecule has 4 nitrogen and oxygen atoms in total. The van der Waals surface area contributed by atoms with Gasteiger partial charge < -0.3 is 14.2 Å². The predicted octanol–water partition coefficient (Wildman–Crippen LogP) is 1.25. The second-order valence-electron chi connectivity index (χ2n) is 4.49. The van der Waals surface area contributed by atoms with E-state index in [0.717, 1.165) is 58.8 Å². The van der Waals surface area contributed by atoms with Crippen LogP contribution in [0.1, 0.15) is 26.2 Å². The van der Waals surface area contributed by atoms with Crippen LogP contribution < -0.4 is 0 Å². The number of rotatable bonds is 4. The molecule has 0 bridgehead atoms. The van der Waals surface area contributed by atoms with E-state index in [9.17, 15) is 0 Å². The zero-order valence-electron chi connectivity index (χ0n) is 10.2. The van der Waals surface area contributed by atoms with Gasteiger partial charge in [0.25, 0.3) is 0 Å². The molecule has 0 N–H and O–H groups in total. The Morgan fingerprint density at radius 1 is 1.19 bits per heavy atom. The molecule has 0 amide bonds. The van der Waals surface area contributed by atoms with E-state index in [1.54, 1.807) is 0 Å². The molecule has 1 atom stereocenters. The molecule has 2 saturated heterocycles. The van der Waals surface area contributed by atoms with Crippen LogP contribution in [0.3, 0.4) is 0 Å². The Bertz CT molecular complexity index is 195. The van der Waals surface area contributed by atoms with Gasteiger partial charge in [0.1, 0.15) is 0 Å². The third-order valence-electron chi connectivity index (χ3n) is 3.37. The fourth-order valence-electron chi connectivity index (χ4n) is 2.33. The van der Waals surface area contributed by atoms with Crippen LogP contribution >= 0.6 is 0 Å². The van der Waals surface area contributed by atoms with Crippen molar-refractivity contribution in [3.05, 3.63) is 0 Å². The van der Waals surface area contributed by atoms with Crippen molar-refractivity contribution < 1.29 is 14.2 Å². The number of hydrogen-bond acceptors (Lipinski definition) is 4. The molecule has 2 aliphatic heterocycles.